The third-order valence-corrected chi connectivity index (χ3v) is 2.61. The molecular weight excluding hydrogens is 228 g/mol. The average Bonchev–Trinajstić information content (AvgIpc) is 2.11. The first-order chi connectivity index (χ1) is 6.19. The van der Waals surface area contributed by atoms with Crippen LogP contribution in [0.25, 0.3) is 0 Å². The number of halogens is 1. The number of aryl methyl sites for hydroxylation is 2. The van der Waals surface area contributed by atoms with Crippen molar-refractivity contribution in [3.05, 3.63) is 28.8 Å². The van der Waals surface area contributed by atoms with E-state index in [1.807, 2.05) is 6.92 Å². The summed E-state index contributed by atoms with van der Waals surface area (Å²) in [6.45, 7) is 6.92. The Labute approximate surface area is 88.2 Å². The Bertz CT molecular complexity index is 271. The molecule has 1 aromatic rings. The van der Waals surface area contributed by atoms with Crippen LogP contribution < -0.4 is 4.74 Å². The van der Waals surface area contributed by atoms with Crippen molar-refractivity contribution < 1.29 is 4.74 Å². The lowest BCUT2D eigenvalue weighted by molar-refractivity contribution is 0.335. The van der Waals surface area contributed by atoms with Crippen LogP contribution in [0.2, 0.25) is 0 Å². The predicted octanol–water partition coefficient (Wildman–Crippen LogP) is 3.60. The van der Waals surface area contributed by atoms with E-state index in [1.165, 1.54) is 16.7 Å². The van der Waals surface area contributed by atoms with E-state index in [-0.39, 0.29) is 0 Å². The first-order valence-corrected chi connectivity index (χ1v) is 5.60. The Balaban J connectivity index is 3.07. The van der Waals surface area contributed by atoms with Gasteiger partial charge in [0.2, 0.25) is 0 Å². The normalized spacial score (nSPS) is 10.2. The fourth-order valence-corrected chi connectivity index (χ4v) is 1.81. The standard InChI is InChI=1S/C11H15BrO/c1-4-13-11-8(2)5-10(7-12)6-9(11)3/h5-6H,4,7H2,1-3H3. The van der Waals surface area contributed by atoms with Crippen molar-refractivity contribution in [3.8, 4) is 5.75 Å². The first kappa shape index (κ1) is 10.6. The van der Waals surface area contributed by atoms with E-state index in [0.717, 1.165) is 17.7 Å². The van der Waals surface area contributed by atoms with Gasteiger partial charge in [-0.1, -0.05) is 28.1 Å². The molecule has 1 nitrogen and oxygen atoms in total. The van der Waals surface area contributed by atoms with Crippen molar-refractivity contribution in [1.29, 1.82) is 0 Å². The summed E-state index contributed by atoms with van der Waals surface area (Å²) in [5.41, 5.74) is 3.74. The van der Waals surface area contributed by atoms with Crippen molar-refractivity contribution in [1.82, 2.24) is 0 Å². The zero-order valence-corrected chi connectivity index (χ0v) is 9.94. The van der Waals surface area contributed by atoms with E-state index in [0.29, 0.717) is 0 Å². The molecule has 0 radical (unpaired) electrons. The number of hydrogen-bond acceptors (Lipinski definition) is 1. The molecule has 0 heterocycles. The summed E-state index contributed by atoms with van der Waals surface area (Å²) < 4.78 is 5.55. The molecule has 0 aliphatic carbocycles. The van der Waals surface area contributed by atoms with Gasteiger partial charge in [-0.15, -0.1) is 0 Å². The largest absolute Gasteiger partial charge is 0.493 e. The van der Waals surface area contributed by atoms with Crippen LogP contribution in [-0.4, -0.2) is 6.61 Å². The van der Waals surface area contributed by atoms with Crippen LogP contribution in [-0.2, 0) is 5.33 Å². The Morgan fingerprint density at radius 1 is 1.23 bits per heavy atom. The van der Waals surface area contributed by atoms with Crippen LogP contribution in [0.15, 0.2) is 12.1 Å². The van der Waals surface area contributed by atoms with Gasteiger partial charge >= 0.3 is 0 Å². The molecule has 72 valence electrons. The molecule has 0 saturated carbocycles. The first-order valence-electron chi connectivity index (χ1n) is 4.48. The van der Waals surface area contributed by atoms with Gasteiger partial charge in [0.25, 0.3) is 0 Å². The quantitative estimate of drug-likeness (QED) is 0.737. The minimum atomic E-state index is 0.731. The van der Waals surface area contributed by atoms with Gasteiger partial charge < -0.3 is 4.74 Å². The maximum absolute atomic E-state index is 5.55. The van der Waals surface area contributed by atoms with E-state index in [2.05, 4.69) is 41.9 Å². The molecule has 0 aliphatic rings. The van der Waals surface area contributed by atoms with Crippen molar-refractivity contribution >= 4 is 15.9 Å². The minimum absolute atomic E-state index is 0.731. The van der Waals surface area contributed by atoms with Crippen molar-refractivity contribution in [2.24, 2.45) is 0 Å². The number of rotatable bonds is 3. The molecule has 0 fully saturated rings. The molecule has 0 atom stereocenters. The maximum atomic E-state index is 5.55. The fourth-order valence-electron chi connectivity index (χ4n) is 1.49. The maximum Gasteiger partial charge on any atom is 0.125 e. The van der Waals surface area contributed by atoms with E-state index in [1.54, 1.807) is 0 Å². The van der Waals surface area contributed by atoms with Crippen molar-refractivity contribution in [2.45, 2.75) is 26.1 Å². The second kappa shape index (κ2) is 4.66. The van der Waals surface area contributed by atoms with Gasteiger partial charge in [-0.05, 0) is 37.5 Å². The molecule has 0 aromatic heterocycles. The number of ether oxygens (including phenoxy) is 1. The van der Waals surface area contributed by atoms with Crippen LogP contribution >= 0.6 is 15.9 Å². The Morgan fingerprint density at radius 2 is 1.77 bits per heavy atom. The third-order valence-electron chi connectivity index (χ3n) is 1.96. The molecular formula is C11H15BrO. The van der Waals surface area contributed by atoms with Crippen LogP contribution in [0.1, 0.15) is 23.6 Å². The molecule has 0 spiro atoms. The van der Waals surface area contributed by atoms with Gasteiger partial charge in [0.1, 0.15) is 5.75 Å². The van der Waals surface area contributed by atoms with Gasteiger partial charge in [0.05, 0.1) is 6.61 Å². The molecule has 0 saturated heterocycles. The zero-order valence-electron chi connectivity index (χ0n) is 8.36. The smallest absolute Gasteiger partial charge is 0.125 e. The van der Waals surface area contributed by atoms with Crippen LogP contribution in [0.4, 0.5) is 0 Å². The van der Waals surface area contributed by atoms with Gasteiger partial charge in [-0.25, -0.2) is 0 Å². The van der Waals surface area contributed by atoms with Crippen LogP contribution in [0, 0.1) is 13.8 Å². The molecule has 13 heavy (non-hydrogen) atoms. The summed E-state index contributed by atoms with van der Waals surface area (Å²) in [4.78, 5) is 0. The van der Waals surface area contributed by atoms with E-state index in [4.69, 9.17) is 4.74 Å². The summed E-state index contributed by atoms with van der Waals surface area (Å²) in [5.74, 6) is 1.03. The Morgan fingerprint density at radius 3 is 2.15 bits per heavy atom. The van der Waals surface area contributed by atoms with E-state index < -0.39 is 0 Å². The summed E-state index contributed by atoms with van der Waals surface area (Å²) in [5, 5.41) is 0.904. The Hall–Kier alpha value is -0.500. The highest BCUT2D eigenvalue weighted by Crippen LogP contribution is 2.25. The minimum Gasteiger partial charge on any atom is -0.493 e. The lowest BCUT2D eigenvalue weighted by atomic mass is 10.1. The molecule has 0 amide bonds. The fraction of sp³-hybridized carbons (Fsp3) is 0.455. The highest BCUT2D eigenvalue weighted by molar-refractivity contribution is 9.08. The second-order valence-corrected chi connectivity index (χ2v) is 3.69. The van der Waals surface area contributed by atoms with Gasteiger partial charge in [0.15, 0.2) is 0 Å². The molecule has 0 bridgehead atoms. The Kier molecular flexibility index (Phi) is 3.79. The lowest BCUT2D eigenvalue weighted by Crippen LogP contribution is -1.97. The summed E-state index contributed by atoms with van der Waals surface area (Å²) >= 11 is 3.45. The lowest BCUT2D eigenvalue weighted by Gasteiger charge is -2.11. The number of alkyl halides is 1. The monoisotopic (exact) mass is 242 g/mol. The van der Waals surface area contributed by atoms with Gasteiger partial charge in [0, 0.05) is 5.33 Å². The molecule has 1 rings (SSSR count). The molecule has 0 N–H and O–H groups in total. The summed E-state index contributed by atoms with van der Waals surface area (Å²) in [6, 6.07) is 4.32. The molecule has 1 aromatic carbocycles. The second-order valence-electron chi connectivity index (χ2n) is 3.13. The molecule has 0 unspecified atom stereocenters. The molecule has 2 heteroatoms. The van der Waals surface area contributed by atoms with Gasteiger partial charge in [-0.3, -0.25) is 0 Å². The topological polar surface area (TPSA) is 9.23 Å². The predicted molar refractivity (Wildman–Crippen MR) is 59.7 cm³/mol. The average molecular weight is 243 g/mol. The van der Waals surface area contributed by atoms with Crippen molar-refractivity contribution in [2.75, 3.05) is 6.61 Å². The zero-order chi connectivity index (χ0) is 9.84. The third kappa shape index (κ3) is 2.47. The molecule has 0 aliphatic heterocycles. The van der Waals surface area contributed by atoms with Gasteiger partial charge in [-0.2, -0.15) is 0 Å². The summed E-state index contributed by atoms with van der Waals surface area (Å²) in [7, 11) is 0. The van der Waals surface area contributed by atoms with E-state index in [9.17, 15) is 0 Å². The van der Waals surface area contributed by atoms with Crippen LogP contribution in [0.3, 0.4) is 0 Å². The number of benzene rings is 1. The van der Waals surface area contributed by atoms with Crippen molar-refractivity contribution in [3.63, 3.8) is 0 Å². The number of hydrogen-bond donors (Lipinski definition) is 0. The summed E-state index contributed by atoms with van der Waals surface area (Å²) in [6.07, 6.45) is 0. The highest BCUT2D eigenvalue weighted by atomic mass is 79.9. The van der Waals surface area contributed by atoms with E-state index >= 15 is 0 Å². The highest BCUT2D eigenvalue weighted by Gasteiger charge is 2.04. The SMILES string of the molecule is CCOc1c(C)cc(CBr)cc1C. The van der Waals surface area contributed by atoms with Crippen LogP contribution in [0.5, 0.6) is 5.75 Å².